The highest BCUT2D eigenvalue weighted by molar-refractivity contribution is 8.14. The Bertz CT molecular complexity index is 947. The van der Waals surface area contributed by atoms with E-state index in [1.807, 2.05) is 11.6 Å². The zero-order valence-electron chi connectivity index (χ0n) is 16.3. The Labute approximate surface area is 167 Å². The number of aliphatic imine (C=N–C) groups is 1. The second-order valence-corrected chi connectivity index (χ2v) is 8.54. The average Bonchev–Trinajstić information content (AvgIpc) is 3.04. The number of hydrogen-bond donors (Lipinski definition) is 2. The molecule has 1 atom stereocenters. The van der Waals surface area contributed by atoms with Crippen LogP contribution in [0.3, 0.4) is 0 Å². The quantitative estimate of drug-likeness (QED) is 0.795. The maximum atomic E-state index is 12.9. The van der Waals surface area contributed by atoms with Crippen LogP contribution in [0.2, 0.25) is 0 Å². The number of aromatic nitrogens is 2. The number of ether oxygens (including phenoxy) is 2. The summed E-state index contributed by atoms with van der Waals surface area (Å²) in [4.78, 5) is 17.6. The lowest BCUT2D eigenvalue weighted by Crippen LogP contribution is -2.16. The second kappa shape index (κ2) is 7.58. The first-order chi connectivity index (χ1) is 13.5. The molecule has 2 aromatic rings. The summed E-state index contributed by atoms with van der Waals surface area (Å²) in [5.41, 5.74) is 1.37. The first kappa shape index (κ1) is 19.0. The van der Waals surface area contributed by atoms with Crippen LogP contribution < -0.4 is 15.0 Å². The van der Waals surface area contributed by atoms with Crippen molar-refractivity contribution in [1.82, 2.24) is 9.78 Å². The lowest BCUT2D eigenvalue weighted by molar-refractivity contribution is 0.331. The molecule has 1 aromatic heterocycles. The van der Waals surface area contributed by atoms with Crippen LogP contribution in [0.25, 0.3) is 0 Å². The Morgan fingerprint density at radius 2 is 1.82 bits per heavy atom. The third-order valence-electron chi connectivity index (χ3n) is 5.49. The highest BCUT2D eigenvalue weighted by atomic mass is 32.2. The normalized spacial score (nSPS) is 19.8. The molecule has 1 aliphatic carbocycles. The van der Waals surface area contributed by atoms with Gasteiger partial charge in [0.25, 0.3) is 5.56 Å². The van der Waals surface area contributed by atoms with Crippen LogP contribution in [0.4, 0.5) is 5.82 Å². The molecule has 0 spiro atoms. The number of rotatable bonds is 4. The summed E-state index contributed by atoms with van der Waals surface area (Å²) >= 11 is 1.52. The molecule has 0 amide bonds. The molecule has 8 heteroatoms. The van der Waals surface area contributed by atoms with Gasteiger partial charge in [-0.05, 0) is 37.5 Å². The highest BCUT2D eigenvalue weighted by Gasteiger charge is 2.33. The highest BCUT2D eigenvalue weighted by Crippen LogP contribution is 2.48. The van der Waals surface area contributed by atoms with Crippen molar-refractivity contribution in [3.8, 4) is 17.2 Å². The van der Waals surface area contributed by atoms with E-state index in [0.29, 0.717) is 17.1 Å². The summed E-state index contributed by atoms with van der Waals surface area (Å²) in [5, 5.41) is 13.9. The number of hydrogen-bond acceptors (Lipinski definition) is 6. The molecule has 2 heterocycles. The molecule has 28 heavy (non-hydrogen) atoms. The first-order valence-corrected chi connectivity index (χ1v) is 10.4. The predicted molar refractivity (Wildman–Crippen MR) is 111 cm³/mol. The molecule has 1 saturated carbocycles. The molecule has 1 unspecified atom stereocenters. The van der Waals surface area contributed by atoms with Gasteiger partial charge in [0.15, 0.2) is 17.3 Å². The van der Waals surface area contributed by atoms with Crippen LogP contribution >= 0.6 is 11.8 Å². The van der Waals surface area contributed by atoms with E-state index in [1.165, 1.54) is 45.2 Å². The van der Waals surface area contributed by atoms with Crippen LogP contribution in [0, 0.1) is 0 Å². The van der Waals surface area contributed by atoms with Gasteiger partial charge in [0.1, 0.15) is 0 Å². The number of phenols is 1. The summed E-state index contributed by atoms with van der Waals surface area (Å²) < 4.78 is 12.6. The van der Waals surface area contributed by atoms with Crippen molar-refractivity contribution in [2.24, 2.45) is 4.99 Å². The first-order valence-electron chi connectivity index (χ1n) is 9.54. The predicted octanol–water partition coefficient (Wildman–Crippen LogP) is 4.29. The largest absolute Gasteiger partial charge is 0.502 e. The van der Waals surface area contributed by atoms with E-state index in [1.54, 1.807) is 12.1 Å². The van der Waals surface area contributed by atoms with Gasteiger partial charge in [-0.15, -0.1) is 0 Å². The minimum atomic E-state index is -0.246. The van der Waals surface area contributed by atoms with Crippen LogP contribution in [0.5, 0.6) is 17.2 Å². The Hall–Kier alpha value is -2.35. The van der Waals surface area contributed by atoms with Gasteiger partial charge < -0.3 is 14.6 Å². The van der Waals surface area contributed by atoms with Gasteiger partial charge in [-0.2, -0.15) is 0 Å². The molecule has 1 aromatic carbocycles. The minimum absolute atomic E-state index is 0.0474. The smallest absolute Gasteiger partial charge is 0.271 e. The van der Waals surface area contributed by atoms with Gasteiger partial charge in [0.05, 0.1) is 36.1 Å². The number of aromatic amines is 1. The number of methoxy groups -OCH3 is 2. The Kier molecular flexibility index (Phi) is 5.14. The lowest BCUT2D eigenvalue weighted by atomic mass is 9.95. The molecule has 1 aliphatic heterocycles. The SMILES string of the molecule is COc1cc(C2SC(C)=Nc3c2c(=O)[nH]n3C2CCCCC2)cc(OC)c1O. The molecule has 0 bridgehead atoms. The van der Waals surface area contributed by atoms with Crippen molar-refractivity contribution >= 4 is 22.6 Å². The summed E-state index contributed by atoms with van der Waals surface area (Å²) in [6.07, 6.45) is 5.71. The van der Waals surface area contributed by atoms with Crippen LogP contribution in [0.15, 0.2) is 21.9 Å². The molecule has 4 rings (SSSR count). The number of nitrogens with one attached hydrogen (secondary N) is 1. The maximum Gasteiger partial charge on any atom is 0.271 e. The average molecular weight is 404 g/mol. The maximum absolute atomic E-state index is 12.9. The molecule has 0 radical (unpaired) electrons. The third kappa shape index (κ3) is 3.19. The van der Waals surface area contributed by atoms with E-state index in [-0.39, 0.29) is 22.6 Å². The van der Waals surface area contributed by atoms with E-state index in [0.717, 1.165) is 29.3 Å². The monoisotopic (exact) mass is 403 g/mol. The van der Waals surface area contributed by atoms with Gasteiger partial charge in [-0.25, -0.2) is 4.99 Å². The third-order valence-corrected chi connectivity index (χ3v) is 6.67. The van der Waals surface area contributed by atoms with Gasteiger partial charge in [0, 0.05) is 0 Å². The fourth-order valence-electron chi connectivity index (χ4n) is 4.11. The van der Waals surface area contributed by atoms with Crippen molar-refractivity contribution in [1.29, 1.82) is 0 Å². The zero-order chi connectivity index (χ0) is 19.8. The minimum Gasteiger partial charge on any atom is -0.502 e. The number of thioether (sulfide) groups is 1. The molecular formula is C20H25N3O4S. The van der Waals surface area contributed by atoms with Gasteiger partial charge in [-0.3, -0.25) is 14.6 Å². The van der Waals surface area contributed by atoms with Crippen LogP contribution in [-0.4, -0.2) is 34.2 Å². The van der Waals surface area contributed by atoms with Gasteiger partial charge in [-0.1, -0.05) is 31.0 Å². The van der Waals surface area contributed by atoms with Crippen molar-refractivity contribution < 1.29 is 14.6 Å². The summed E-state index contributed by atoms with van der Waals surface area (Å²) in [5.74, 6) is 1.32. The summed E-state index contributed by atoms with van der Waals surface area (Å²) in [6.45, 7) is 1.96. The second-order valence-electron chi connectivity index (χ2n) is 7.24. The van der Waals surface area contributed by atoms with E-state index < -0.39 is 0 Å². The fourth-order valence-corrected chi connectivity index (χ4v) is 5.20. The number of H-pyrrole nitrogens is 1. The number of nitrogens with zero attached hydrogens (tertiary/aromatic N) is 2. The van der Waals surface area contributed by atoms with Crippen molar-refractivity contribution in [3.05, 3.63) is 33.6 Å². The molecule has 0 saturated heterocycles. The van der Waals surface area contributed by atoms with Crippen molar-refractivity contribution in [2.45, 2.75) is 50.3 Å². The number of benzene rings is 1. The van der Waals surface area contributed by atoms with Crippen molar-refractivity contribution in [2.75, 3.05) is 14.2 Å². The Morgan fingerprint density at radius 3 is 2.43 bits per heavy atom. The van der Waals surface area contributed by atoms with Gasteiger partial charge in [0.2, 0.25) is 5.75 Å². The Morgan fingerprint density at radius 1 is 1.18 bits per heavy atom. The van der Waals surface area contributed by atoms with E-state index in [4.69, 9.17) is 14.5 Å². The molecule has 2 N–H and O–H groups in total. The molecule has 1 fully saturated rings. The number of fused-ring (bicyclic) bond motifs is 1. The van der Waals surface area contributed by atoms with Crippen LogP contribution in [-0.2, 0) is 0 Å². The molecule has 150 valence electrons. The molecular weight excluding hydrogens is 378 g/mol. The summed E-state index contributed by atoms with van der Waals surface area (Å²) in [7, 11) is 2.99. The molecule has 2 aliphatic rings. The van der Waals surface area contributed by atoms with Crippen molar-refractivity contribution in [3.63, 3.8) is 0 Å². The van der Waals surface area contributed by atoms with E-state index >= 15 is 0 Å². The zero-order valence-corrected chi connectivity index (χ0v) is 17.1. The summed E-state index contributed by atoms with van der Waals surface area (Å²) in [6, 6.07) is 3.80. The van der Waals surface area contributed by atoms with Crippen LogP contribution in [0.1, 0.15) is 61.4 Å². The van der Waals surface area contributed by atoms with E-state index in [9.17, 15) is 9.90 Å². The standard InChI is InChI=1S/C20H25N3O4S/c1-11-21-19-16(20(25)22-23(19)13-7-5-4-6-8-13)18(28-11)12-9-14(26-2)17(24)15(10-12)27-3/h9-10,13,18,24H,4-8H2,1-3H3,(H,22,25). The Balaban J connectivity index is 1.84. The topological polar surface area (TPSA) is 88.8 Å². The van der Waals surface area contributed by atoms with E-state index in [2.05, 4.69) is 5.10 Å². The molecule has 7 nitrogen and oxygen atoms in total. The number of aromatic hydroxyl groups is 1. The lowest BCUT2D eigenvalue weighted by Gasteiger charge is -2.26. The van der Waals surface area contributed by atoms with Gasteiger partial charge >= 0.3 is 0 Å². The fraction of sp³-hybridized carbons (Fsp3) is 0.500. The number of phenolic OH excluding ortho intramolecular Hbond substituents is 1.